The number of aromatic nitrogens is 1. The van der Waals surface area contributed by atoms with E-state index < -0.39 is 0 Å². The van der Waals surface area contributed by atoms with E-state index in [1.807, 2.05) is 12.3 Å². The molecule has 0 aliphatic carbocycles. The number of rotatable bonds is 3. The molecule has 0 aromatic carbocycles. The number of ether oxygens (including phenoxy) is 1. The second-order valence-electron chi connectivity index (χ2n) is 5.73. The SMILES string of the molecule is CC(C)Nc1ccc(N2CCOC(C)(C)C2)cn1. The van der Waals surface area contributed by atoms with Gasteiger partial charge in [-0.05, 0) is 39.8 Å². The average Bonchev–Trinajstić information content (AvgIpc) is 2.28. The van der Waals surface area contributed by atoms with E-state index in [2.05, 4.69) is 49.0 Å². The molecule has 2 heterocycles. The Morgan fingerprint density at radius 1 is 1.39 bits per heavy atom. The molecule has 1 fully saturated rings. The van der Waals surface area contributed by atoms with E-state index in [9.17, 15) is 0 Å². The highest BCUT2D eigenvalue weighted by Crippen LogP contribution is 2.23. The molecule has 1 N–H and O–H groups in total. The van der Waals surface area contributed by atoms with Gasteiger partial charge in [0.05, 0.1) is 24.1 Å². The van der Waals surface area contributed by atoms with Crippen LogP contribution < -0.4 is 10.2 Å². The minimum atomic E-state index is -0.0763. The van der Waals surface area contributed by atoms with Crippen LogP contribution in [0.1, 0.15) is 27.7 Å². The normalized spacial score (nSPS) is 19.1. The molecule has 1 aromatic rings. The van der Waals surface area contributed by atoms with Gasteiger partial charge < -0.3 is 15.0 Å². The van der Waals surface area contributed by atoms with Gasteiger partial charge in [0.15, 0.2) is 0 Å². The van der Waals surface area contributed by atoms with Gasteiger partial charge in [-0.3, -0.25) is 0 Å². The molecule has 0 saturated carbocycles. The van der Waals surface area contributed by atoms with E-state index in [1.54, 1.807) is 0 Å². The van der Waals surface area contributed by atoms with Crippen LogP contribution in [0.3, 0.4) is 0 Å². The van der Waals surface area contributed by atoms with Crippen molar-refractivity contribution in [3.63, 3.8) is 0 Å². The number of hydrogen-bond acceptors (Lipinski definition) is 4. The van der Waals surface area contributed by atoms with Gasteiger partial charge in [-0.15, -0.1) is 0 Å². The summed E-state index contributed by atoms with van der Waals surface area (Å²) in [6.07, 6.45) is 1.94. The fraction of sp³-hybridized carbons (Fsp3) is 0.643. The van der Waals surface area contributed by atoms with Crippen molar-refractivity contribution in [2.75, 3.05) is 29.9 Å². The van der Waals surface area contributed by atoms with E-state index in [1.165, 1.54) is 5.69 Å². The number of nitrogens with zero attached hydrogens (tertiary/aromatic N) is 2. The zero-order valence-electron chi connectivity index (χ0n) is 11.7. The number of nitrogens with one attached hydrogen (secondary N) is 1. The minimum absolute atomic E-state index is 0.0763. The number of morpholine rings is 1. The maximum absolute atomic E-state index is 5.72. The zero-order chi connectivity index (χ0) is 13.2. The lowest BCUT2D eigenvalue weighted by atomic mass is 10.1. The second kappa shape index (κ2) is 5.14. The summed E-state index contributed by atoms with van der Waals surface area (Å²) in [4.78, 5) is 6.78. The zero-order valence-corrected chi connectivity index (χ0v) is 11.7. The van der Waals surface area contributed by atoms with Crippen LogP contribution in [0.25, 0.3) is 0 Å². The maximum atomic E-state index is 5.72. The molecule has 0 atom stereocenters. The van der Waals surface area contributed by atoms with E-state index in [4.69, 9.17) is 4.74 Å². The van der Waals surface area contributed by atoms with Crippen molar-refractivity contribution < 1.29 is 4.74 Å². The lowest BCUT2D eigenvalue weighted by Crippen LogP contribution is -2.48. The molecule has 1 saturated heterocycles. The molecule has 1 aromatic heterocycles. The monoisotopic (exact) mass is 249 g/mol. The average molecular weight is 249 g/mol. The van der Waals surface area contributed by atoms with Crippen molar-refractivity contribution in [1.82, 2.24) is 4.98 Å². The van der Waals surface area contributed by atoms with Gasteiger partial charge in [0.25, 0.3) is 0 Å². The molecule has 2 rings (SSSR count). The first-order valence-corrected chi connectivity index (χ1v) is 6.58. The first-order chi connectivity index (χ1) is 8.46. The first-order valence-electron chi connectivity index (χ1n) is 6.58. The molecule has 0 radical (unpaired) electrons. The van der Waals surface area contributed by atoms with Crippen LogP contribution in [0.2, 0.25) is 0 Å². The predicted octanol–water partition coefficient (Wildman–Crippen LogP) is 2.52. The molecule has 4 heteroatoms. The van der Waals surface area contributed by atoms with E-state index in [0.29, 0.717) is 6.04 Å². The minimum Gasteiger partial charge on any atom is -0.372 e. The predicted molar refractivity (Wildman–Crippen MR) is 75.2 cm³/mol. The highest BCUT2D eigenvalue weighted by Gasteiger charge is 2.27. The highest BCUT2D eigenvalue weighted by molar-refractivity contribution is 5.50. The topological polar surface area (TPSA) is 37.4 Å². The van der Waals surface area contributed by atoms with E-state index in [-0.39, 0.29) is 5.60 Å². The van der Waals surface area contributed by atoms with Crippen LogP contribution in [0.15, 0.2) is 18.3 Å². The van der Waals surface area contributed by atoms with Crippen LogP contribution in [-0.2, 0) is 4.74 Å². The van der Waals surface area contributed by atoms with Crippen LogP contribution in [0.5, 0.6) is 0 Å². The molecule has 100 valence electrons. The standard InChI is InChI=1S/C14H23N3O/c1-11(2)16-13-6-5-12(9-15-13)17-7-8-18-14(3,4)10-17/h5-6,9,11H,7-8,10H2,1-4H3,(H,15,16). The van der Waals surface area contributed by atoms with E-state index >= 15 is 0 Å². The number of hydrogen-bond donors (Lipinski definition) is 1. The lowest BCUT2D eigenvalue weighted by molar-refractivity contribution is -0.0277. The summed E-state index contributed by atoms with van der Waals surface area (Å²) in [6, 6.07) is 4.57. The molecule has 1 aliphatic heterocycles. The third kappa shape index (κ3) is 3.35. The Morgan fingerprint density at radius 3 is 2.72 bits per heavy atom. The molecule has 0 amide bonds. The first kappa shape index (κ1) is 13.1. The smallest absolute Gasteiger partial charge is 0.126 e. The van der Waals surface area contributed by atoms with Crippen molar-refractivity contribution >= 4 is 11.5 Å². The Morgan fingerprint density at radius 2 is 2.17 bits per heavy atom. The van der Waals surface area contributed by atoms with E-state index in [0.717, 1.165) is 25.5 Å². The Bertz CT molecular complexity index is 387. The summed E-state index contributed by atoms with van der Waals surface area (Å²) in [5.74, 6) is 0.932. The summed E-state index contributed by atoms with van der Waals surface area (Å²) in [6.45, 7) is 11.1. The second-order valence-corrected chi connectivity index (χ2v) is 5.73. The Balaban J connectivity index is 2.05. The van der Waals surface area contributed by atoms with Gasteiger partial charge in [0.2, 0.25) is 0 Å². The highest BCUT2D eigenvalue weighted by atomic mass is 16.5. The van der Waals surface area contributed by atoms with Crippen LogP contribution in [-0.4, -0.2) is 36.3 Å². The molecular weight excluding hydrogens is 226 g/mol. The fourth-order valence-corrected chi connectivity index (χ4v) is 2.19. The molecule has 18 heavy (non-hydrogen) atoms. The van der Waals surface area contributed by atoms with Gasteiger partial charge in [-0.25, -0.2) is 4.98 Å². The van der Waals surface area contributed by atoms with Crippen LogP contribution >= 0.6 is 0 Å². The Labute approximate surface area is 109 Å². The fourth-order valence-electron chi connectivity index (χ4n) is 2.19. The summed E-state index contributed by atoms with van der Waals surface area (Å²) >= 11 is 0. The van der Waals surface area contributed by atoms with Gasteiger partial charge in [-0.1, -0.05) is 0 Å². The largest absolute Gasteiger partial charge is 0.372 e. The number of pyridine rings is 1. The Kier molecular flexibility index (Phi) is 3.76. The summed E-state index contributed by atoms with van der Waals surface area (Å²) in [7, 11) is 0. The molecule has 0 spiro atoms. The van der Waals surface area contributed by atoms with Crippen LogP contribution in [0.4, 0.5) is 11.5 Å². The lowest BCUT2D eigenvalue weighted by Gasteiger charge is -2.39. The summed E-state index contributed by atoms with van der Waals surface area (Å²) < 4.78 is 5.72. The third-order valence-corrected chi connectivity index (χ3v) is 2.98. The van der Waals surface area contributed by atoms with Gasteiger partial charge in [-0.2, -0.15) is 0 Å². The van der Waals surface area contributed by atoms with Crippen LogP contribution in [0, 0.1) is 0 Å². The van der Waals surface area contributed by atoms with Gasteiger partial charge in [0, 0.05) is 19.1 Å². The van der Waals surface area contributed by atoms with Crippen molar-refractivity contribution in [3.05, 3.63) is 18.3 Å². The molecular formula is C14H23N3O. The molecule has 0 unspecified atom stereocenters. The molecule has 4 nitrogen and oxygen atoms in total. The van der Waals surface area contributed by atoms with Crippen molar-refractivity contribution in [3.8, 4) is 0 Å². The number of anilines is 2. The summed E-state index contributed by atoms with van der Waals surface area (Å²) in [5.41, 5.74) is 1.09. The Hall–Kier alpha value is -1.29. The van der Waals surface area contributed by atoms with Gasteiger partial charge >= 0.3 is 0 Å². The maximum Gasteiger partial charge on any atom is 0.126 e. The van der Waals surface area contributed by atoms with Crippen molar-refractivity contribution in [2.45, 2.75) is 39.3 Å². The van der Waals surface area contributed by atoms with Crippen molar-refractivity contribution in [2.24, 2.45) is 0 Å². The quantitative estimate of drug-likeness (QED) is 0.893. The van der Waals surface area contributed by atoms with Crippen molar-refractivity contribution in [1.29, 1.82) is 0 Å². The molecule has 0 bridgehead atoms. The summed E-state index contributed by atoms with van der Waals surface area (Å²) in [5, 5.41) is 3.30. The third-order valence-electron chi connectivity index (χ3n) is 2.98. The van der Waals surface area contributed by atoms with Gasteiger partial charge in [0.1, 0.15) is 5.82 Å². The molecule has 1 aliphatic rings.